The smallest absolute Gasteiger partial charge is 0.341 e. The Hall–Kier alpha value is -2.38. The van der Waals surface area contributed by atoms with Gasteiger partial charge in [0.15, 0.2) is 0 Å². The summed E-state index contributed by atoms with van der Waals surface area (Å²) < 4.78 is 4.89. The SMILES string of the molecule is COC(=O)c1c(-c2ccc(Cl)cc2)csc1NC(=O)C1CCCCC1C(=O)[O-]. The highest BCUT2D eigenvalue weighted by Gasteiger charge is 2.33. The van der Waals surface area contributed by atoms with Gasteiger partial charge in [-0.25, -0.2) is 4.79 Å². The first-order chi connectivity index (χ1) is 13.4. The molecule has 28 heavy (non-hydrogen) atoms. The predicted molar refractivity (Wildman–Crippen MR) is 105 cm³/mol. The van der Waals surface area contributed by atoms with Crippen molar-refractivity contribution in [2.24, 2.45) is 11.8 Å². The summed E-state index contributed by atoms with van der Waals surface area (Å²) >= 11 is 7.12. The van der Waals surface area contributed by atoms with Gasteiger partial charge in [0.25, 0.3) is 0 Å². The number of carboxylic acids is 1. The molecule has 2 unspecified atom stereocenters. The number of carbonyl (C=O) groups is 3. The summed E-state index contributed by atoms with van der Waals surface area (Å²) in [4.78, 5) is 36.5. The van der Waals surface area contributed by atoms with Gasteiger partial charge in [-0.15, -0.1) is 11.3 Å². The van der Waals surface area contributed by atoms with Crippen LogP contribution < -0.4 is 10.4 Å². The second kappa shape index (κ2) is 8.75. The number of benzene rings is 1. The summed E-state index contributed by atoms with van der Waals surface area (Å²) in [5, 5.41) is 16.8. The van der Waals surface area contributed by atoms with Crippen molar-refractivity contribution in [3.8, 4) is 11.1 Å². The van der Waals surface area contributed by atoms with Crippen LogP contribution in [0.4, 0.5) is 5.00 Å². The van der Waals surface area contributed by atoms with Crippen molar-refractivity contribution in [3.63, 3.8) is 0 Å². The number of hydrogen-bond donors (Lipinski definition) is 1. The molecule has 1 aliphatic rings. The Morgan fingerprint density at radius 1 is 1.14 bits per heavy atom. The zero-order chi connectivity index (χ0) is 20.3. The largest absolute Gasteiger partial charge is 0.550 e. The lowest BCUT2D eigenvalue weighted by Gasteiger charge is -2.31. The highest BCUT2D eigenvalue weighted by Crippen LogP contribution is 2.38. The van der Waals surface area contributed by atoms with Crippen LogP contribution in [0.1, 0.15) is 36.0 Å². The maximum Gasteiger partial charge on any atom is 0.341 e. The molecule has 1 saturated carbocycles. The first-order valence-electron chi connectivity index (χ1n) is 8.89. The minimum atomic E-state index is -1.21. The molecule has 1 heterocycles. The Kier molecular flexibility index (Phi) is 6.36. The summed E-state index contributed by atoms with van der Waals surface area (Å²) in [5.74, 6) is -3.69. The topological polar surface area (TPSA) is 95.5 Å². The molecule has 8 heteroatoms. The monoisotopic (exact) mass is 420 g/mol. The van der Waals surface area contributed by atoms with Crippen LogP contribution >= 0.6 is 22.9 Å². The molecular weight excluding hydrogens is 402 g/mol. The van der Waals surface area contributed by atoms with Crippen molar-refractivity contribution < 1.29 is 24.2 Å². The van der Waals surface area contributed by atoms with E-state index in [0.717, 1.165) is 18.4 Å². The van der Waals surface area contributed by atoms with Crippen LogP contribution in [0, 0.1) is 11.8 Å². The van der Waals surface area contributed by atoms with Gasteiger partial charge in [-0.3, -0.25) is 4.79 Å². The van der Waals surface area contributed by atoms with Gasteiger partial charge in [0.2, 0.25) is 5.91 Å². The van der Waals surface area contributed by atoms with E-state index >= 15 is 0 Å². The van der Waals surface area contributed by atoms with Crippen LogP contribution in [0.3, 0.4) is 0 Å². The van der Waals surface area contributed by atoms with Crippen molar-refractivity contribution in [2.75, 3.05) is 12.4 Å². The lowest BCUT2D eigenvalue weighted by Crippen LogP contribution is -2.42. The van der Waals surface area contributed by atoms with Crippen LogP contribution in [-0.4, -0.2) is 25.0 Å². The molecule has 0 aliphatic heterocycles. The minimum absolute atomic E-state index is 0.240. The van der Waals surface area contributed by atoms with E-state index in [0.29, 0.717) is 28.4 Å². The van der Waals surface area contributed by atoms with Crippen LogP contribution in [0.15, 0.2) is 29.6 Å². The van der Waals surface area contributed by atoms with E-state index in [4.69, 9.17) is 16.3 Å². The summed E-state index contributed by atoms with van der Waals surface area (Å²) in [6, 6.07) is 6.96. The molecule has 1 aromatic carbocycles. The minimum Gasteiger partial charge on any atom is -0.550 e. The molecule has 1 aliphatic carbocycles. The molecule has 1 N–H and O–H groups in total. The van der Waals surface area contributed by atoms with Crippen molar-refractivity contribution in [1.82, 2.24) is 0 Å². The molecule has 6 nitrogen and oxygen atoms in total. The van der Waals surface area contributed by atoms with Crippen molar-refractivity contribution in [3.05, 3.63) is 40.2 Å². The Morgan fingerprint density at radius 2 is 1.79 bits per heavy atom. The number of ether oxygens (including phenoxy) is 1. The molecule has 1 aromatic heterocycles. The molecule has 0 saturated heterocycles. The Labute approximate surface area is 171 Å². The summed E-state index contributed by atoms with van der Waals surface area (Å²) in [6.07, 6.45) is 2.44. The van der Waals surface area contributed by atoms with Gasteiger partial charge in [-0.05, 0) is 30.5 Å². The third-order valence-electron chi connectivity index (χ3n) is 4.98. The molecule has 148 valence electrons. The fourth-order valence-corrected chi connectivity index (χ4v) is 4.61. The van der Waals surface area contributed by atoms with E-state index in [1.54, 1.807) is 29.6 Å². The average molecular weight is 421 g/mol. The van der Waals surface area contributed by atoms with Crippen molar-refractivity contribution in [1.29, 1.82) is 0 Å². The van der Waals surface area contributed by atoms with E-state index in [1.165, 1.54) is 18.4 Å². The molecule has 1 fully saturated rings. The number of anilines is 1. The maximum absolute atomic E-state index is 12.8. The second-order valence-electron chi connectivity index (χ2n) is 6.66. The molecule has 0 spiro atoms. The van der Waals surface area contributed by atoms with Gasteiger partial charge in [-0.1, -0.05) is 36.6 Å². The highest BCUT2D eigenvalue weighted by atomic mass is 35.5. The fraction of sp³-hybridized carbons (Fsp3) is 0.350. The van der Waals surface area contributed by atoms with Gasteiger partial charge in [-0.2, -0.15) is 0 Å². The number of aliphatic carboxylic acids is 1. The summed E-state index contributed by atoms with van der Waals surface area (Å²) in [6.45, 7) is 0. The van der Waals surface area contributed by atoms with E-state index in [-0.39, 0.29) is 5.56 Å². The van der Waals surface area contributed by atoms with E-state index < -0.39 is 29.7 Å². The highest BCUT2D eigenvalue weighted by molar-refractivity contribution is 7.15. The van der Waals surface area contributed by atoms with Crippen LogP contribution in [0.5, 0.6) is 0 Å². The van der Waals surface area contributed by atoms with Crippen LogP contribution in [0.2, 0.25) is 5.02 Å². The molecule has 2 aromatic rings. The molecule has 3 rings (SSSR count). The Bertz CT molecular complexity index is 893. The molecule has 0 bridgehead atoms. The average Bonchev–Trinajstić information content (AvgIpc) is 3.11. The zero-order valence-electron chi connectivity index (χ0n) is 15.2. The Balaban J connectivity index is 1.91. The number of carbonyl (C=O) groups excluding carboxylic acids is 3. The van der Waals surface area contributed by atoms with Gasteiger partial charge in [0.1, 0.15) is 10.6 Å². The van der Waals surface area contributed by atoms with Gasteiger partial charge in [0.05, 0.1) is 7.11 Å². The van der Waals surface area contributed by atoms with Crippen molar-refractivity contribution >= 4 is 45.8 Å². The van der Waals surface area contributed by atoms with Crippen LogP contribution in [0.25, 0.3) is 11.1 Å². The molecule has 0 radical (unpaired) electrons. The lowest BCUT2D eigenvalue weighted by molar-refractivity contribution is -0.313. The fourth-order valence-electron chi connectivity index (χ4n) is 3.53. The number of esters is 1. The second-order valence-corrected chi connectivity index (χ2v) is 7.97. The van der Waals surface area contributed by atoms with E-state index in [1.807, 2.05) is 0 Å². The number of thiophene rings is 1. The number of hydrogen-bond acceptors (Lipinski definition) is 6. The number of methoxy groups -OCH3 is 1. The number of carboxylic acid groups (broad SMARTS) is 1. The first-order valence-corrected chi connectivity index (χ1v) is 10.2. The summed E-state index contributed by atoms with van der Waals surface area (Å²) in [7, 11) is 1.27. The number of nitrogens with one attached hydrogen (secondary N) is 1. The first kappa shape index (κ1) is 20.4. The lowest BCUT2D eigenvalue weighted by atomic mass is 9.79. The van der Waals surface area contributed by atoms with Gasteiger partial charge >= 0.3 is 5.97 Å². The number of amides is 1. The number of halogens is 1. The van der Waals surface area contributed by atoms with Crippen LogP contribution in [-0.2, 0) is 14.3 Å². The number of rotatable bonds is 5. The zero-order valence-corrected chi connectivity index (χ0v) is 16.8. The normalized spacial score (nSPS) is 19.1. The third kappa shape index (κ3) is 4.20. The van der Waals surface area contributed by atoms with E-state index in [2.05, 4.69) is 5.32 Å². The molecule has 2 atom stereocenters. The van der Waals surface area contributed by atoms with E-state index in [9.17, 15) is 19.5 Å². The quantitative estimate of drug-likeness (QED) is 0.748. The Morgan fingerprint density at radius 3 is 2.39 bits per heavy atom. The van der Waals surface area contributed by atoms with Gasteiger partial charge < -0.3 is 20.0 Å². The van der Waals surface area contributed by atoms with Crippen molar-refractivity contribution in [2.45, 2.75) is 25.7 Å². The maximum atomic E-state index is 12.8. The predicted octanol–water partition coefficient (Wildman–Crippen LogP) is 3.35. The molecular formula is C20H19ClNO5S-. The molecule has 1 amide bonds. The summed E-state index contributed by atoms with van der Waals surface area (Å²) in [5.41, 5.74) is 1.61. The standard InChI is InChI=1S/C20H20ClNO5S/c1-27-20(26)16-15(11-6-8-12(21)9-7-11)10-28-18(16)22-17(23)13-4-2-3-5-14(13)19(24)25/h6-10,13-14H,2-5H2,1H3,(H,22,23)(H,24,25)/p-1. The third-order valence-corrected chi connectivity index (χ3v) is 6.13. The van der Waals surface area contributed by atoms with Gasteiger partial charge in [0, 0.05) is 33.8 Å².